The molecule has 0 aliphatic heterocycles. The minimum absolute atomic E-state index is 0.0455. The van der Waals surface area contributed by atoms with Gasteiger partial charge in [-0.15, -0.1) is 0 Å². The largest absolute Gasteiger partial charge is 0.511 e. The van der Waals surface area contributed by atoms with E-state index in [1.165, 1.54) is 0 Å². The van der Waals surface area contributed by atoms with E-state index in [9.17, 15) is 14.7 Å². The number of Topliss-reactive ketones (excluding diaryl/α,β-unsaturated/α-hetero) is 1. The fourth-order valence-corrected chi connectivity index (χ4v) is 2.59. The van der Waals surface area contributed by atoms with E-state index in [1.807, 2.05) is 13.8 Å². The molecule has 5 nitrogen and oxygen atoms in total. The van der Waals surface area contributed by atoms with Gasteiger partial charge in [0.15, 0.2) is 5.78 Å². The van der Waals surface area contributed by atoms with Crippen molar-refractivity contribution in [1.29, 1.82) is 0 Å². The normalized spacial score (nSPS) is 19.0. The summed E-state index contributed by atoms with van der Waals surface area (Å²) in [5.41, 5.74) is 0.771. The van der Waals surface area contributed by atoms with Gasteiger partial charge in [-0.05, 0) is 25.2 Å². The Labute approximate surface area is 125 Å². The maximum atomic E-state index is 12.1. The van der Waals surface area contributed by atoms with E-state index in [2.05, 4.69) is 4.99 Å². The lowest BCUT2D eigenvalue weighted by atomic mass is 9.76. The molecular weight excluding hydrogens is 270 g/mol. The molecule has 1 aliphatic carbocycles. The summed E-state index contributed by atoms with van der Waals surface area (Å²) < 4.78 is 0. The van der Waals surface area contributed by atoms with E-state index in [-0.39, 0.29) is 23.4 Å². The Morgan fingerprint density at radius 3 is 2.48 bits per heavy atom. The molecule has 0 atom stereocenters. The topological polar surface area (TPSA) is 87.0 Å². The van der Waals surface area contributed by atoms with E-state index in [0.29, 0.717) is 37.1 Å². The van der Waals surface area contributed by atoms with Crippen molar-refractivity contribution in [2.24, 2.45) is 10.4 Å². The van der Waals surface area contributed by atoms with Crippen molar-refractivity contribution in [1.82, 2.24) is 0 Å². The Hall–Kier alpha value is -1.65. The molecule has 0 heterocycles. The van der Waals surface area contributed by atoms with Gasteiger partial charge in [-0.3, -0.25) is 14.6 Å². The van der Waals surface area contributed by atoms with Crippen LogP contribution in [0.3, 0.4) is 0 Å². The van der Waals surface area contributed by atoms with E-state index < -0.39 is 5.97 Å². The lowest BCUT2D eigenvalue weighted by Crippen LogP contribution is -2.28. The molecule has 2 N–H and O–H groups in total. The van der Waals surface area contributed by atoms with Crippen LogP contribution in [0, 0.1) is 5.41 Å². The van der Waals surface area contributed by atoms with Crippen LogP contribution in [0.2, 0.25) is 0 Å². The van der Waals surface area contributed by atoms with Crippen LogP contribution in [0.4, 0.5) is 0 Å². The van der Waals surface area contributed by atoms with Crippen molar-refractivity contribution < 1.29 is 19.8 Å². The van der Waals surface area contributed by atoms with Gasteiger partial charge in [0.25, 0.3) is 0 Å². The molecule has 0 amide bonds. The molecule has 21 heavy (non-hydrogen) atoms. The third kappa shape index (κ3) is 5.69. The van der Waals surface area contributed by atoms with Gasteiger partial charge >= 0.3 is 5.97 Å². The maximum absolute atomic E-state index is 12.1. The van der Waals surface area contributed by atoms with Crippen molar-refractivity contribution in [2.75, 3.05) is 6.54 Å². The van der Waals surface area contributed by atoms with Crippen LogP contribution in [-0.4, -0.2) is 34.2 Å². The summed E-state index contributed by atoms with van der Waals surface area (Å²) in [4.78, 5) is 26.8. The molecular formula is C16H25NO4. The first kappa shape index (κ1) is 17.4. The standard InChI is InChI=1S/C16H25NO4/c1-11(17-8-6-4-5-7-14(20)21)15-12(18)9-16(2,3)10-13(15)19/h18H,4-10H2,1-3H3,(H,20,21). The summed E-state index contributed by atoms with van der Waals surface area (Å²) in [6, 6.07) is 0. The lowest BCUT2D eigenvalue weighted by molar-refractivity contribution is -0.137. The van der Waals surface area contributed by atoms with Gasteiger partial charge in [-0.2, -0.15) is 0 Å². The average molecular weight is 295 g/mol. The van der Waals surface area contributed by atoms with Crippen molar-refractivity contribution in [3.63, 3.8) is 0 Å². The van der Waals surface area contributed by atoms with Crippen molar-refractivity contribution in [3.05, 3.63) is 11.3 Å². The Bertz CT molecular complexity index is 475. The summed E-state index contributed by atoms with van der Waals surface area (Å²) in [5, 5.41) is 18.6. The van der Waals surface area contributed by atoms with E-state index in [1.54, 1.807) is 6.92 Å². The number of unbranched alkanes of at least 4 members (excludes halogenated alkanes) is 2. The number of carbonyl (C=O) groups is 2. The molecule has 1 rings (SSSR count). The number of aliphatic hydroxyl groups excluding tert-OH is 1. The Morgan fingerprint density at radius 2 is 1.90 bits per heavy atom. The molecule has 0 bridgehead atoms. The highest BCUT2D eigenvalue weighted by atomic mass is 16.4. The highest BCUT2D eigenvalue weighted by Gasteiger charge is 2.33. The summed E-state index contributed by atoms with van der Waals surface area (Å²) >= 11 is 0. The second kappa shape index (κ2) is 7.38. The Morgan fingerprint density at radius 1 is 1.24 bits per heavy atom. The number of aliphatic imine (C=N–C) groups is 1. The number of carbonyl (C=O) groups excluding carboxylic acids is 1. The van der Waals surface area contributed by atoms with Gasteiger partial charge in [-0.25, -0.2) is 0 Å². The first-order chi connectivity index (χ1) is 9.73. The molecule has 0 aromatic heterocycles. The number of nitrogens with zero attached hydrogens (tertiary/aromatic N) is 1. The number of hydrogen-bond donors (Lipinski definition) is 2. The Balaban J connectivity index is 2.54. The Kier molecular flexibility index (Phi) is 6.12. The summed E-state index contributed by atoms with van der Waals surface area (Å²) in [6.07, 6.45) is 3.35. The third-order valence-corrected chi connectivity index (χ3v) is 3.61. The summed E-state index contributed by atoms with van der Waals surface area (Å²) in [5.74, 6) is -0.681. The molecule has 0 aromatic rings. The van der Waals surface area contributed by atoms with Crippen LogP contribution in [0.1, 0.15) is 59.3 Å². The highest BCUT2D eigenvalue weighted by Crippen LogP contribution is 2.36. The van der Waals surface area contributed by atoms with Gasteiger partial charge in [0.1, 0.15) is 5.76 Å². The molecule has 0 radical (unpaired) electrons. The molecule has 0 spiro atoms. The van der Waals surface area contributed by atoms with Gasteiger partial charge in [0.2, 0.25) is 0 Å². The number of allylic oxidation sites excluding steroid dienone is 2. The van der Waals surface area contributed by atoms with Gasteiger partial charge in [-0.1, -0.05) is 20.3 Å². The zero-order valence-electron chi connectivity index (χ0n) is 13.1. The van der Waals surface area contributed by atoms with Crippen LogP contribution in [0.15, 0.2) is 16.3 Å². The van der Waals surface area contributed by atoms with Crippen LogP contribution >= 0.6 is 0 Å². The van der Waals surface area contributed by atoms with E-state index in [4.69, 9.17) is 5.11 Å². The zero-order chi connectivity index (χ0) is 16.0. The first-order valence-corrected chi connectivity index (χ1v) is 7.41. The number of aliphatic hydroxyl groups is 1. The fourth-order valence-electron chi connectivity index (χ4n) is 2.59. The van der Waals surface area contributed by atoms with Crippen LogP contribution in [-0.2, 0) is 9.59 Å². The third-order valence-electron chi connectivity index (χ3n) is 3.61. The number of ketones is 1. The van der Waals surface area contributed by atoms with Crippen LogP contribution in [0.5, 0.6) is 0 Å². The van der Waals surface area contributed by atoms with Crippen molar-refractivity contribution >= 4 is 17.5 Å². The smallest absolute Gasteiger partial charge is 0.303 e. The minimum atomic E-state index is -0.778. The SMILES string of the molecule is CC(=NCCCCCC(=O)O)C1=C(O)CC(C)(C)CC1=O. The molecule has 0 fully saturated rings. The van der Waals surface area contributed by atoms with Gasteiger partial charge in [0.05, 0.1) is 5.57 Å². The van der Waals surface area contributed by atoms with E-state index in [0.717, 1.165) is 12.8 Å². The number of carboxylic acids is 1. The molecule has 0 unspecified atom stereocenters. The molecule has 0 saturated carbocycles. The van der Waals surface area contributed by atoms with E-state index >= 15 is 0 Å². The number of aliphatic carboxylic acids is 1. The second-order valence-corrected chi connectivity index (χ2v) is 6.43. The van der Waals surface area contributed by atoms with Gasteiger partial charge < -0.3 is 10.2 Å². The fraction of sp³-hybridized carbons (Fsp3) is 0.688. The zero-order valence-corrected chi connectivity index (χ0v) is 13.1. The summed E-state index contributed by atoms with van der Waals surface area (Å²) in [7, 11) is 0. The predicted octanol–water partition coefficient (Wildman–Crippen LogP) is 3.29. The molecule has 118 valence electrons. The van der Waals surface area contributed by atoms with Crippen molar-refractivity contribution in [3.8, 4) is 0 Å². The molecule has 0 aromatic carbocycles. The maximum Gasteiger partial charge on any atom is 0.303 e. The average Bonchev–Trinajstić information content (AvgIpc) is 2.30. The number of carboxylic acid groups (broad SMARTS) is 1. The second-order valence-electron chi connectivity index (χ2n) is 6.43. The highest BCUT2D eigenvalue weighted by molar-refractivity contribution is 6.22. The monoisotopic (exact) mass is 295 g/mol. The predicted molar refractivity (Wildman–Crippen MR) is 81.8 cm³/mol. The van der Waals surface area contributed by atoms with Crippen molar-refractivity contribution in [2.45, 2.75) is 59.3 Å². The number of rotatable bonds is 7. The minimum Gasteiger partial charge on any atom is -0.511 e. The molecule has 0 saturated heterocycles. The first-order valence-electron chi connectivity index (χ1n) is 7.41. The van der Waals surface area contributed by atoms with Gasteiger partial charge in [0, 0.05) is 31.5 Å². The number of hydrogen-bond acceptors (Lipinski definition) is 4. The molecule has 5 heteroatoms. The quantitative estimate of drug-likeness (QED) is 0.557. The molecule has 1 aliphatic rings. The van der Waals surface area contributed by atoms with Crippen LogP contribution in [0.25, 0.3) is 0 Å². The summed E-state index contributed by atoms with van der Waals surface area (Å²) in [6.45, 7) is 6.23. The lowest BCUT2D eigenvalue weighted by Gasteiger charge is -2.29. The van der Waals surface area contributed by atoms with Crippen LogP contribution < -0.4 is 0 Å².